The Hall–Kier alpha value is -1.96. The molecule has 142 valence electrons. The quantitative estimate of drug-likeness (QED) is 0.624. The highest BCUT2D eigenvalue weighted by molar-refractivity contribution is 5.52. The molecule has 0 atom stereocenters. The molecule has 0 unspecified atom stereocenters. The van der Waals surface area contributed by atoms with E-state index in [4.69, 9.17) is 4.74 Å². The van der Waals surface area contributed by atoms with Crippen molar-refractivity contribution in [3.63, 3.8) is 0 Å². The predicted molar refractivity (Wildman–Crippen MR) is 111 cm³/mol. The van der Waals surface area contributed by atoms with Crippen molar-refractivity contribution < 1.29 is 9.84 Å². The fourth-order valence-electron chi connectivity index (χ4n) is 2.97. The van der Waals surface area contributed by atoms with Gasteiger partial charge in [0.05, 0.1) is 0 Å². The van der Waals surface area contributed by atoms with E-state index in [1.807, 2.05) is 24.3 Å². The van der Waals surface area contributed by atoms with Gasteiger partial charge in [0.25, 0.3) is 0 Å². The van der Waals surface area contributed by atoms with Crippen LogP contribution in [0.1, 0.15) is 79.0 Å². The zero-order valence-electron chi connectivity index (χ0n) is 17.8. The summed E-state index contributed by atoms with van der Waals surface area (Å²) >= 11 is 0. The van der Waals surface area contributed by atoms with Crippen LogP contribution >= 0.6 is 0 Å². The minimum Gasteiger partial charge on any atom is -0.507 e. The Balaban J connectivity index is 2.46. The first-order valence-electron chi connectivity index (χ1n) is 9.36. The third kappa shape index (κ3) is 4.60. The van der Waals surface area contributed by atoms with Crippen molar-refractivity contribution in [2.24, 2.45) is 0 Å². The fraction of sp³-hybridized carbons (Fsp3) is 0.500. The molecule has 0 bridgehead atoms. The van der Waals surface area contributed by atoms with Gasteiger partial charge < -0.3 is 9.84 Å². The van der Waals surface area contributed by atoms with Gasteiger partial charge in [-0.1, -0.05) is 74.4 Å². The Morgan fingerprint density at radius 3 is 1.38 bits per heavy atom. The third-order valence-electron chi connectivity index (χ3n) is 4.66. The standard InChI is InChI=1S/C24H34O2/c1-22(2,3)16-10-12-17(13-11-16)26-18-14-19(23(4,5)6)21(25)20(15-18)24(7,8)9/h10-15,25H,1-9H3. The van der Waals surface area contributed by atoms with Crippen molar-refractivity contribution in [3.05, 3.63) is 53.1 Å². The van der Waals surface area contributed by atoms with Gasteiger partial charge in [-0.25, -0.2) is 0 Å². The van der Waals surface area contributed by atoms with Crippen LogP contribution in [0.25, 0.3) is 0 Å². The maximum absolute atomic E-state index is 10.8. The van der Waals surface area contributed by atoms with Crippen LogP contribution in [-0.2, 0) is 16.2 Å². The maximum atomic E-state index is 10.8. The first kappa shape index (κ1) is 20.4. The van der Waals surface area contributed by atoms with E-state index in [2.05, 4.69) is 74.4 Å². The molecule has 0 aliphatic heterocycles. The van der Waals surface area contributed by atoms with E-state index < -0.39 is 0 Å². The van der Waals surface area contributed by atoms with Gasteiger partial charge in [0.2, 0.25) is 0 Å². The number of ether oxygens (including phenoxy) is 1. The lowest BCUT2D eigenvalue weighted by molar-refractivity contribution is 0.415. The second-order valence-electron chi connectivity index (χ2n) is 10.2. The van der Waals surface area contributed by atoms with Crippen molar-refractivity contribution >= 4 is 0 Å². The first-order chi connectivity index (χ1) is 11.7. The van der Waals surface area contributed by atoms with E-state index in [0.717, 1.165) is 22.6 Å². The molecule has 0 aliphatic carbocycles. The molecule has 0 amide bonds. The molecule has 0 saturated carbocycles. The van der Waals surface area contributed by atoms with Crippen LogP contribution in [0.4, 0.5) is 0 Å². The van der Waals surface area contributed by atoms with Crippen molar-refractivity contribution in [1.29, 1.82) is 0 Å². The minimum absolute atomic E-state index is 0.121. The van der Waals surface area contributed by atoms with E-state index in [-0.39, 0.29) is 16.2 Å². The highest BCUT2D eigenvalue weighted by atomic mass is 16.5. The Morgan fingerprint density at radius 2 is 1.04 bits per heavy atom. The molecule has 26 heavy (non-hydrogen) atoms. The molecule has 0 spiro atoms. The molecule has 0 aromatic heterocycles. The number of hydrogen-bond donors (Lipinski definition) is 1. The predicted octanol–water partition coefficient (Wildman–Crippen LogP) is 7.08. The molecule has 1 N–H and O–H groups in total. The number of rotatable bonds is 2. The van der Waals surface area contributed by atoms with Gasteiger partial charge in [-0.2, -0.15) is 0 Å². The molecule has 0 heterocycles. The summed E-state index contributed by atoms with van der Waals surface area (Å²) in [5.74, 6) is 1.95. The molecule has 0 saturated heterocycles. The first-order valence-corrected chi connectivity index (χ1v) is 9.36. The lowest BCUT2D eigenvalue weighted by Crippen LogP contribution is -2.17. The topological polar surface area (TPSA) is 29.5 Å². The van der Waals surface area contributed by atoms with Gasteiger partial charge in [0, 0.05) is 11.1 Å². The van der Waals surface area contributed by atoms with Crippen LogP contribution in [-0.4, -0.2) is 5.11 Å². The van der Waals surface area contributed by atoms with E-state index in [1.54, 1.807) is 0 Å². The lowest BCUT2D eigenvalue weighted by Gasteiger charge is -2.28. The van der Waals surface area contributed by atoms with Crippen LogP contribution in [0, 0.1) is 0 Å². The average Bonchev–Trinajstić information content (AvgIpc) is 2.46. The van der Waals surface area contributed by atoms with Crippen molar-refractivity contribution in [2.75, 3.05) is 0 Å². The number of phenolic OH excluding ortho intramolecular Hbond substituents is 1. The van der Waals surface area contributed by atoms with E-state index in [1.165, 1.54) is 5.56 Å². The molecular weight excluding hydrogens is 320 g/mol. The second kappa shape index (κ2) is 6.64. The smallest absolute Gasteiger partial charge is 0.128 e. The van der Waals surface area contributed by atoms with Crippen molar-refractivity contribution in [3.8, 4) is 17.2 Å². The molecular formula is C24H34O2. The number of hydrogen-bond acceptors (Lipinski definition) is 2. The molecule has 0 aliphatic rings. The Bertz CT molecular complexity index is 729. The monoisotopic (exact) mass is 354 g/mol. The van der Waals surface area contributed by atoms with Gasteiger partial charge in [-0.3, -0.25) is 0 Å². The van der Waals surface area contributed by atoms with Gasteiger partial charge in [0.1, 0.15) is 17.2 Å². The summed E-state index contributed by atoms with van der Waals surface area (Å²) in [5, 5.41) is 10.8. The van der Waals surface area contributed by atoms with Crippen LogP contribution < -0.4 is 4.74 Å². The third-order valence-corrected chi connectivity index (χ3v) is 4.66. The Kier molecular flexibility index (Phi) is 5.20. The van der Waals surface area contributed by atoms with Gasteiger partial charge >= 0.3 is 0 Å². The summed E-state index contributed by atoms with van der Waals surface area (Å²) in [7, 11) is 0. The zero-order chi connectivity index (χ0) is 19.9. The molecule has 0 radical (unpaired) electrons. The lowest BCUT2D eigenvalue weighted by atomic mass is 9.79. The molecule has 2 rings (SSSR count). The molecule has 2 nitrogen and oxygen atoms in total. The summed E-state index contributed by atoms with van der Waals surface area (Å²) in [6, 6.07) is 12.2. The van der Waals surface area contributed by atoms with Gasteiger partial charge in [-0.05, 0) is 46.1 Å². The Labute approximate surface area is 159 Å². The maximum Gasteiger partial charge on any atom is 0.128 e. The normalized spacial score (nSPS) is 13.0. The average molecular weight is 355 g/mol. The summed E-state index contributed by atoms with van der Waals surface area (Å²) < 4.78 is 6.16. The van der Waals surface area contributed by atoms with Crippen LogP contribution in [0.15, 0.2) is 36.4 Å². The molecule has 0 fully saturated rings. The summed E-state index contributed by atoms with van der Waals surface area (Å²) in [6.07, 6.45) is 0. The number of benzene rings is 2. The second-order valence-corrected chi connectivity index (χ2v) is 10.2. The zero-order valence-corrected chi connectivity index (χ0v) is 17.8. The molecule has 2 heteroatoms. The molecule has 2 aromatic rings. The summed E-state index contributed by atoms with van der Waals surface area (Å²) in [4.78, 5) is 0. The van der Waals surface area contributed by atoms with E-state index in [0.29, 0.717) is 5.75 Å². The minimum atomic E-state index is -0.167. The van der Waals surface area contributed by atoms with E-state index >= 15 is 0 Å². The van der Waals surface area contributed by atoms with Crippen LogP contribution in [0.5, 0.6) is 17.2 Å². The molecule has 2 aromatic carbocycles. The summed E-state index contributed by atoms with van der Waals surface area (Å²) in [5.41, 5.74) is 2.88. The van der Waals surface area contributed by atoms with Gasteiger partial charge in [-0.15, -0.1) is 0 Å². The van der Waals surface area contributed by atoms with Crippen molar-refractivity contribution in [1.82, 2.24) is 0 Å². The number of aromatic hydroxyl groups is 1. The SMILES string of the molecule is CC(C)(C)c1ccc(Oc2cc(C(C)(C)C)c(O)c(C(C)(C)C)c2)cc1. The van der Waals surface area contributed by atoms with Gasteiger partial charge in [0.15, 0.2) is 0 Å². The fourth-order valence-corrected chi connectivity index (χ4v) is 2.97. The van der Waals surface area contributed by atoms with Crippen LogP contribution in [0.3, 0.4) is 0 Å². The highest BCUT2D eigenvalue weighted by Crippen LogP contribution is 2.42. The van der Waals surface area contributed by atoms with E-state index in [9.17, 15) is 5.11 Å². The Morgan fingerprint density at radius 1 is 0.615 bits per heavy atom. The number of phenols is 1. The highest BCUT2D eigenvalue weighted by Gasteiger charge is 2.27. The largest absolute Gasteiger partial charge is 0.507 e. The van der Waals surface area contributed by atoms with Crippen molar-refractivity contribution in [2.45, 2.75) is 78.6 Å². The van der Waals surface area contributed by atoms with Crippen LogP contribution in [0.2, 0.25) is 0 Å². The summed E-state index contributed by atoms with van der Waals surface area (Å²) in [6.45, 7) is 19.3.